The van der Waals surface area contributed by atoms with E-state index in [0.29, 0.717) is 35.5 Å². The number of aromatic nitrogens is 2. The summed E-state index contributed by atoms with van der Waals surface area (Å²) in [6, 6.07) is 0.727. The standard InChI is InChI=1S/C17H27N5O2/c1-2-24-13-8-6-12(7-9-13)21-17-19-10-14(15(18)23)16(22-17)20-11-4-3-5-11/h10-13H,2-9H2,1H3,(H2,18,23)(H2,19,20,21,22). The van der Waals surface area contributed by atoms with Crippen LogP contribution < -0.4 is 16.4 Å². The van der Waals surface area contributed by atoms with Gasteiger partial charge in [0.1, 0.15) is 5.82 Å². The topological polar surface area (TPSA) is 102 Å². The lowest BCUT2D eigenvalue weighted by Crippen LogP contribution is -2.32. The van der Waals surface area contributed by atoms with Gasteiger partial charge in [-0.15, -0.1) is 0 Å². The molecule has 1 heterocycles. The van der Waals surface area contributed by atoms with E-state index in [4.69, 9.17) is 10.5 Å². The van der Waals surface area contributed by atoms with Crippen molar-refractivity contribution < 1.29 is 9.53 Å². The SMILES string of the molecule is CCOC1CCC(Nc2ncc(C(N)=O)c(NC3CCC3)n2)CC1. The normalized spacial score (nSPS) is 24.2. The van der Waals surface area contributed by atoms with Crippen LogP contribution >= 0.6 is 0 Å². The summed E-state index contributed by atoms with van der Waals surface area (Å²) in [6.45, 7) is 2.81. The lowest BCUT2D eigenvalue weighted by Gasteiger charge is -2.29. The van der Waals surface area contributed by atoms with E-state index >= 15 is 0 Å². The Hall–Kier alpha value is -1.89. The van der Waals surface area contributed by atoms with Gasteiger partial charge in [-0.3, -0.25) is 4.79 Å². The molecule has 1 amide bonds. The summed E-state index contributed by atoms with van der Waals surface area (Å²) < 4.78 is 5.68. The molecule has 0 saturated heterocycles. The summed E-state index contributed by atoms with van der Waals surface area (Å²) in [5.74, 6) is 0.606. The largest absolute Gasteiger partial charge is 0.379 e. The van der Waals surface area contributed by atoms with Crippen molar-refractivity contribution in [3.8, 4) is 0 Å². The van der Waals surface area contributed by atoms with Crippen LogP contribution in [-0.2, 0) is 4.74 Å². The molecule has 0 aliphatic heterocycles. The summed E-state index contributed by atoms with van der Waals surface area (Å²) in [5.41, 5.74) is 5.79. The molecule has 7 nitrogen and oxygen atoms in total. The van der Waals surface area contributed by atoms with Crippen LogP contribution in [0.15, 0.2) is 6.20 Å². The fourth-order valence-electron chi connectivity index (χ4n) is 3.28. The average molecular weight is 333 g/mol. The van der Waals surface area contributed by atoms with Gasteiger partial charge in [-0.1, -0.05) is 0 Å². The van der Waals surface area contributed by atoms with Gasteiger partial charge in [0.2, 0.25) is 5.95 Å². The molecular formula is C17H27N5O2. The summed E-state index contributed by atoms with van der Waals surface area (Å²) >= 11 is 0. The predicted octanol–water partition coefficient (Wildman–Crippen LogP) is 2.30. The van der Waals surface area contributed by atoms with Crippen molar-refractivity contribution in [1.82, 2.24) is 9.97 Å². The van der Waals surface area contributed by atoms with Crippen molar-refractivity contribution in [3.05, 3.63) is 11.8 Å². The zero-order chi connectivity index (χ0) is 16.9. The smallest absolute Gasteiger partial charge is 0.254 e. The molecule has 0 atom stereocenters. The quantitative estimate of drug-likeness (QED) is 0.707. The first-order chi connectivity index (χ1) is 11.7. The highest BCUT2D eigenvalue weighted by atomic mass is 16.5. The van der Waals surface area contributed by atoms with Crippen LogP contribution in [0.25, 0.3) is 0 Å². The molecular weight excluding hydrogens is 306 g/mol. The van der Waals surface area contributed by atoms with E-state index < -0.39 is 5.91 Å². The van der Waals surface area contributed by atoms with Gasteiger partial charge in [0.15, 0.2) is 0 Å². The van der Waals surface area contributed by atoms with Crippen molar-refractivity contribution in [2.24, 2.45) is 5.73 Å². The number of rotatable bonds is 7. The molecule has 0 unspecified atom stereocenters. The van der Waals surface area contributed by atoms with E-state index in [-0.39, 0.29) is 0 Å². The number of carbonyl (C=O) groups excluding carboxylic acids is 1. The molecule has 7 heteroatoms. The first-order valence-corrected chi connectivity index (χ1v) is 8.97. The van der Waals surface area contributed by atoms with Gasteiger partial charge in [-0.05, 0) is 51.9 Å². The van der Waals surface area contributed by atoms with E-state index in [9.17, 15) is 4.79 Å². The Labute approximate surface area is 142 Å². The lowest BCUT2D eigenvalue weighted by molar-refractivity contribution is 0.0346. The minimum Gasteiger partial charge on any atom is -0.379 e. The number of carbonyl (C=O) groups is 1. The van der Waals surface area contributed by atoms with Crippen molar-refractivity contribution in [1.29, 1.82) is 0 Å². The average Bonchev–Trinajstić information content (AvgIpc) is 2.53. The van der Waals surface area contributed by atoms with Gasteiger partial charge in [-0.2, -0.15) is 4.98 Å². The molecule has 1 aromatic heterocycles. The maximum Gasteiger partial charge on any atom is 0.254 e. The monoisotopic (exact) mass is 333 g/mol. The van der Waals surface area contributed by atoms with Crippen molar-refractivity contribution >= 4 is 17.7 Å². The van der Waals surface area contributed by atoms with Crippen molar-refractivity contribution in [3.63, 3.8) is 0 Å². The van der Waals surface area contributed by atoms with Gasteiger partial charge in [-0.25, -0.2) is 4.98 Å². The highest BCUT2D eigenvalue weighted by molar-refractivity contribution is 5.97. The molecule has 0 bridgehead atoms. The molecule has 2 saturated carbocycles. The molecule has 24 heavy (non-hydrogen) atoms. The molecule has 2 aliphatic carbocycles. The number of ether oxygens (including phenoxy) is 1. The third kappa shape index (κ3) is 4.14. The molecule has 0 aromatic carbocycles. The minimum absolute atomic E-state index is 0.345. The number of hydrogen-bond donors (Lipinski definition) is 3. The summed E-state index contributed by atoms with van der Waals surface area (Å²) in [7, 11) is 0. The Morgan fingerprint density at radius 2 is 1.92 bits per heavy atom. The second-order valence-electron chi connectivity index (χ2n) is 6.67. The number of nitrogens with two attached hydrogens (primary N) is 1. The van der Waals surface area contributed by atoms with Crippen LogP contribution in [0.5, 0.6) is 0 Å². The fourth-order valence-corrected chi connectivity index (χ4v) is 3.28. The van der Waals surface area contributed by atoms with Crippen LogP contribution in [0.2, 0.25) is 0 Å². The molecule has 1 aromatic rings. The number of primary amides is 1. The molecule has 2 aliphatic rings. The first kappa shape index (κ1) is 17.0. The van der Waals surface area contributed by atoms with Crippen LogP contribution in [0.3, 0.4) is 0 Å². The summed E-state index contributed by atoms with van der Waals surface area (Å²) in [4.78, 5) is 20.3. The zero-order valence-corrected chi connectivity index (χ0v) is 14.3. The van der Waals surface area contributed by atoms with Gasteiger partial charge in [0.05, 0.1) is 11.7 Å². The number of nitrogens with one attached hydrogen (secondary N) is 2. The third-order valence-electron chi connectivity index (χ3n) is 4.91. The number of anilines is 2. The maximum absolute atomic E-state index is 11.6. The van der Waals surface area contributed by atoms with E-state index in [1.807, 2.05) is 6.92 Å². The highest BCUT2D eigenvalue weighted by Crippen LogP contribution is 2.26. The molecule has 0 spiro atoms. The maximum atomic E-state index is 11.6. The summed E-state index contributed by atoms with van der Waals surface area (Å²) in [6.07, 6.45) is 9.50. The van der Waals surface area contributed by atoms with Gasteiger partial charge >= 0.3 is 0 Å². The van der Waals surface area contributed by atoms with E-state index in [0.717, 1.165) is 45.1 Å². The Kier molecular flexibility index (Phi) is 5.50. The van der Waals surface area contributed by atoms with E-state index in [1.54, 1.807) is 0 Å². The first-order valence-electron chi connectivity index (χ1n) is 8.97. The van der Waals surface area contributed by atoms with Crippen molar-refractivity contribution in [2.45, 2.75) is 70.1 Å². The molecule has 3 rings (SSSR count). The van der Waals surface area contributed by atoms with E-state index in [1.165, 1.54) is 12.6 Å². The molecule has 4 N–H and O–H groups in total. The Balaban J connectivity index is 1.63. The number of nitrogens with zero attached hydrogens (tertiary/aromatic N) is 2. The van der Waals surface area contributed by atoms with Crippen LogP contribution in [0.1, 0.15) is 62.2 Å². The van der Waals surface area contributed by atoms with Gasteiger partial charge < -0.3 is 21.1 Å². The summed E-state index contributed by atoms with van der Waals surface area (Å²) in [5, 5.41) is 6.71. The second kappa shape index (κ2) is 7.79. The second-order valence-corrected chi connectivity index (χ2v) is 6.67. The third-order valence-corrected chi connectivity index (χ3v) is 4.91. The van der Waals surface area contributed by atoms with Crippen LogP contribution in [-0.4, -0.2) is 40.7 Å². The zero-order valence-electron chi connectivity index (χ0n) is 14.3. The molecule has 132 valence electrons. The predicted molar refractivity (Wildman–Crippen MR) is 93.1 cm³/mol. The van der Waals surface area contributed by atoms with Gasteiger partial charge in [0, 0.05) is 24.9 Å². The van der Waals surface area contributed by atoms with Crippen molar-refractivity contribution in [2.75, 3.05) is 17.2 Å². The Morgan fingerprint density at radius 3 is 2.50 bits per heavy atom. The fraction of sp³-hybridized carbons (Fsp3) is 0.706. The molecule has 2 fully saturated rings. The number of amides is 1. The minimum atomic E-state index is -0.499. The van der Waals surface area contributed by atoms with Gasteiger partial charge in [0.25, 0.3) is 5.91 Å². The Morgan fingerprint density at radius 1 is 1.21 bits per heavy atom. The lowest BCUT2D eigenvalue weighted by atomic mass is 9.93. The van der Waals surface area contributed by atoms with E-state index in [2.05, 4.69) is 20.6 Å². The molecule has 0 radical (unpaired) electrons. The van der Waals surface area contributed by atoms with Crippen LogP contribution in [0.4, 0.5) is 11.8 Å². The number of hydrogen-bond acceptors (Lipinski definition) is 6. The Bertz CT molecular complexity index is 568. The van der Waals surface area contributed by atoms with Crippen LogP contribution in [0, 0.1) is 0 Å². The highest BCUT2D eigenvalue weighted by Gasteiger charge is 2.24.